The summed E-state index contributed by atoms with van der Waals surface area (Å²) in [6.45, 7) is 2.70. The standard InChI is InChI=1S/C22H28N2O6S2/c1-16(17-7-9-18(10-8-17)31(3,26)27)23-22(25)20-15-19(11-12-21(20)30-2)32(28,29)24-13-5-4-6-14-24/h7-12,15-16H,4-6,13-14H2,1-3H3,(H,23,25)/t16-/m0/s1. The number of rotatable bonds is 7. The first-order valence-corrected chi connectivity index (χ1v) is 13.7. The van der Waals surface area contributed by atoms with E-state index in [2.05, 4.69) is 5.32 Å². The molecule has 32 heavy (non-hydrogen) atoms. The molecule has 1 N–H and O–H groups in total. The number of amides is 1. The number of methoxy groups -OCH3 is 1. The van der Waals surface area contributed by atoms with Crippen molar-refractivity contribution in [3.8, 4) is 5.75 Å². The van der Waals surface area contributed by atoms with Crippen molar-refractivity contribution in [2.75, 3.05) is 26.5 Å². The lowest BCUT2D eigenvalue weighted by molar-refractivity contribution is 0.0936. The van der Waals surface area contributed by atoms with Gasteiger partial charge in [-0.15, -0.1) is 0 Å². The zero-order chi connectivity index (χ0) is 23.5. The molecule has 1 aliphatic heterocycles. The molecule has 1 heterocycles. The van der Waals surface area contributed by atoms with Crippen molar-refractivity contribution in [1.82, 2.24) is 9.62 Å². The summed E-state index contributed by atoms with van der Waals surface area (Å²) in [7, 11) is -5.60. The van der Waals surface area contributed by atoms with Gasteiger partial charge in [0.2, 0.25) is 10.0 Å². The van der Waals surface area contributed by atoms with Crippen molar-refractivity contribution in [1.29, 1.82) is 0 Å². The third kappa shape index (κ3) is 5.31. The zero-order valence-electron chi connectivity index (χ0n) is 18.4. The van der Waals surface area contributed by atoms with Crippen LogP contribution in [0.15, 0.2) is 52.3 Å². The molecule has 2 aromatic rings. The first-order chi connectivity index (χ1) is 15.0. The summed E-state index contributed by atoms with van der Waals surface area (Å²) >= 11 is 0. The molecular weight excluding hydrogens is 452 g/mol. The number of sulfone groups is 1. The summed E-state index contributed by atoms with van der Waals surface area (Å²) in [6.07, 6.45) is 3.77. The number of nitrogens with one attached hydrogen (secondary N) is 1. The second kappa shape index (κ2) is 9.60. The molecule has 0 unspecified atom stereocenters. The van der Waals surface area contributed by atoms with Crippen LogP contribution < -0.4 is 10.1 Å². The highest BCUT2D eigenvalue weighted by Gasteiger charge is 2.28. The molecule has 1 amide bonds. The lowest BCUT2D eigenvalue weighted by Crippen LogP contribution is -2.35. The molecule has 0 aromatic heterocycles. The van der Waals surface area contributed by atoms with Crippen LogP contribution in [0.25, 0.3) is 0 Å². The number of carbonyl (C=O) groups excluding carboxylic acids is 1. The molecule has 3 rings (SSSR count). The molecule has 2 aromatic carbocycles. The Bertz CT molecular complexity index is 1190. The second-order valence-electron chi connectivity index (χ2n) is 7.86. The van der Waals surface area contributed by atoms with Crippen molar-refractivity contribution in [3.63, 3.8) is 0 Å². The van der Waals surface area contributed by atoms with Gasteiger partial charge in [-0.2, -0.15) is 4.31 Å². The summed E-state index contributed by atoms with van der Waals surface area (Å²) in [5, 5.41) is 2.83. The number of nitrogens with zero attached hydrogens (tertiary/aromatic N) is 1. The van der Waals surface area contributed by atoms with Gasteiger partial charge < -0.3 is 10.1 Å². The number of benzene rings is 2. The largest absolute Gasteiger partial charge is 0.496 e. The summed E-state index contributed by atoms with van der Waals surface area (Å²) in [4.78, 5) is 13.2. The van der Waals surface area contributed by atoms with Crippen LogP contribution in [0.5, 0.6) is 5.75 Å². The van der Waals surface area contributed by atoms with E-state index in [1.165, 1.54) is 41.7 Å². The van der Waals surface area contributed by atoms with Crippen LogP contribution >= 0.6 is 0 Å². The first-order valence-electron chi connectivity index (χ1n) is 10.3. The number of ether oxygens (including phenoxy) is 1. The number of sulfonamides is 1. The molecule has 1 atom stereocenters. The molecule has 0 radical (unpaired) electrons. The lowest BCUT2D eigenvalue weighted by atomic mass is 10.1. The van der Waals surface area contributed by atoms with Crippen molar-refractivity contribution < 1.29 is 26.4 Å². The fourth-order valence-electron chi connectivity index (χ4n) is 3.64. The van der Waals surface area contributed by atoms with E-state index in [1.54, 1.807) is 19.1 Å². The highest BCUT2D eigenvalue weighted by molar-refractivity contribution is 7.90. The Labute approximate surface area is 189 Å². The maximum Gasteiger partial charge on any atom is 0.255 e. The molecule has 8 nitrogen and oxygen atoms in total. The van der Waals surface area contributed by atoms with Gasteiger partial charge in [-0.1, -0.05) is 18.6 Å². The molecule has 0 bridgehead atoms. The number of hydrogen-bond donors (Lipinski definition) is 1. The predicted octanol–water partition coefficient (Wildman–Crippen LogP) is 2.76. The van der Waals surface area contributed by atoms with Gasteiger partial charge in [0.15, 0.2) is 9.84 Å². The van der Waals surface area contributed by atoms with Crippen molar-refractivity contribution in [2.45, 2.75) is 42.0 Å². The van der Waals surface area contributed by atoms with Gasteiger partial charge in [-0.25, -0.2) is 16.8 Å². The Balaban J connectivity index is 1.84. The third-order valence-electron chi connectivity index (χ3n) is 5.52. The third-order valence-corrected chi connectivity index (χ3v) is 8.55. The fourth-order valence-corrected chi connectivity index (χ4v) is 5.82. The van der Waals surface area contributed by atoms with Crippen LogP contribution in [0.1, 0.15) is 48.1 Å². The van der Waals surface area contributed by atoms with E-state index in [4.69, 9.17) is 4.74 Å². The van der Waals surface area contributed by atoms with Gasteiger partial charge in [-0.3, -0.25) is 4.79 Å². The van der Waals surface area contributed by atoms with E-state index >= 15 is 0 Å². The van der Waals surface area contributed by atoms with Crippen molar-refractivity contribution >= 4 is 25.8 Å². The van der Waals surface area contributed by atoms with E-state index in [9.17, 15) is 21.6 Å². The minimum Gasteiger partial charge on any atom is -0.496 e. The molecule has 174 valence electrons. The lowest BCUT2D eigenvalue weighted by Gasteiger charge is -2.26. The molecule has 10 heteroatoms. The number of piperidine rings is 1. The molecule has 0 spiro atoms. The number of hydrogen-bond acceptors (Lipinski definition) is 6. The van der Waals surface area contributed by atoms with Crippen LogP contribution in [0.2, 0.25) is 0 Å². The van der Waals surface area contributed by atoms with Gasteiger partial charge in [0.05, 0.1) is 28.5 Å². The minimum atomic E-state index is -3.70. The SMILES string of the molecule is COc1ccc(S(=O)(=O)N2CCCCC2)cc1C(=O)N[C@@H](C)c1ccc(S(C)(=O)=O)cc1. The van der Waals surface area contributed by atoms with Gasteiger partial charge in [0.1, 0.15) is 5.75 Å². The van der Waals surface area contributed by atoms with Crippen LogP contribution in [0, 0.1) is 0 Å². The van der Waals surface area contributed by atoms with Gasteiger partial charge >= 0.3 is 0 Å². The normalized spacial score (nSPS) is 16.3. The molecule has 0 aliphatic carbocycles. The van der Waals surface area contributed by atoms with Crippen molar-refractivity contribution in [3.05, 3.63) is 53.6 Å². The van der Waals surface area contributed by atoms with Gasteiger partial charge in [0.25, 0.3) is 5.91 Å². The van der Waals surface area contributed by atoms with Crippen LogP contribution in [-0.2, 0) is 19.9 Å². The van der Waals surface area contributed by atoms with E-state index in [0.717, 1.165) is 25.5 Å². The van der Waals surface area contributed by atoms with E-state index < -0.39 is 31.8 Å². The summed E-state index contributed by atoms with van der Waals surface area (Å²) in [5.41, 5.74) is 0.826. The summed E-state index contributed by atoms with van der Waals surface area (Å²) in [6, 6.07) is 10.1. The topological polar surface area (TPSA) is 110 Å². The Morgan fingerprint density at radius 1 is 0.969 bits per heavy atom. The summed E-state index contributed by atoms with van der Waals surface area (Å²) < 4.78 is 56.1. The minimum absolute atomic E-state index is 0.0514. The zero-order valence-corrected chi connectivity index (χ0v) is 20.0. The van der Waals surface area contributed by atoms with Gasteiger partial charge in [0, 0.05) is 19.3 Å². The average Bonchev–Trinajstić information content (AvgIpc) is 2.78. The molecule has 1 aliphatic rings. The maximum atomic E-state index is 13.0. The molecule has 0 saturated carbocycles. The van der Waals surface area contributed by atoms with E-state index in [1.807, 2.05) is 0 Å². The van der Waals surface area contributed by atoms with Crippen LogP contribution in [0.3, 0.4) is 0 Å². The Kier molecular flexibility index (Phi) is 7.26. The van der Waals surface area contributed by atoms with Crippen LogP contribution in [-0.4, -0.2) is 53.5 Å². The first kappa shape index (κ1) is 24.2. The smallest absolute Gasteiger partial charge is 0.255 e. The fraction of sp³-hybridized carbons (Fsp3) is 0.409. The quantitative estimate of drug-likeness (QED) is 0.653. The van der Waals surface area contributed by atoms with Crippen LogP contribution in [0.4, 0.5) is 0 Å². The highest BCUT2D eigenvalue weighted by Crippen LogP contribution is 2.27. The highest BCUT2D eigenvalue weighted by atomic mass is 32.2. The average molecular weight is 481 g/mol. The number of carbonyl (C=O) groups is 1. The molecule has 1 saturated heterocycles. The van der Waals surface area contributed by atoms with E-state index in [-0.39, 0.29) is 21.1 Å². The molecular formula is C22H28N2O6S2. The Morgan fingerprint density at radius 2 is 1.56 bits per heavy atom. The van der Waals surface area contributed by atoms with Crippen molar-refractivity contribution in [2.24, 2.45) is 0 Å². The Hall–Kier alpha value is -2.43. The Morgan fingerprint density at radius 3 is 2.12 bits per heavy atom. The van der Waals surface area contributed by atoms with E-state index in [0.29, 0.717) is 18.7 Å². The second-order valence-corrected chi connectivity index (χ2v) is 11.8. The van der Waals surface area contributed by atoms with Gasteiger partial charge in [-0.05, 0) is 55.7 Å². The monoisotopic (exact) mass is 480 g/mol. The predicted molar refractivity (Wildman–Crippen MR) is 121 cm³/mol. The maximum absolute atomic E-state index is 13.0. The summed E-state index contributed by atoms with van der Waals surface area (Å²) in [5.74, 6) is -0.225. The molecule has 1 fully saturated rings.